The average molecular weight is 387 g/mol. The minimum Gasteiger partial charge on any atom is -0.360 e. The second kappa shape index (κ2) is 6.86. The minimum absolute atomic E-state index is 0.0581. The molecule has 2 aromatic carbocycles. The van der Waals surface area contributed by atoms with Gasteiger partial charge in [0.15, 0.2) is 0 Å². The molecule has 29 heavy (non-hydrogen) atoms. The fourth-order valence-electron chi connectivity index (χ4n) is 3.45. The molecule has 1 aliphatic heterocycles. The quantitative estimate of drug-likeness (QED) is 0.556. The number of H-pyrrole nitrogens is 1. The Kier molecular flexibility index (Phi) is 4.05. The van der Waals surface area contributed by atoms with Gasteiger partial charge in [-0.1, -0.05) is 18.2 Å². The Morgan fingerprint density at radius 3 is 2.62 bits per heavy atom. The SMILES string of the molecule is O=C(Nc1ccc(-n2cnnn2)cc1)C1CN(C(=O)c2c[nH]c3ccccc23)C1. The predicted molar refractivity (Wildman–Crippen MR) is 105 cm³/mol. The Morgan fingerprint density at radius 1 is 1.07 bits per heavy atom. The first-order valence-corrected chi connectivity index (χ1v) is 9.19. The number of hydrogen-bond acceptors (Lipinski definition) is 5. The van der Waals surface area contributed by atoms with Crippen LogP contribution in [0.5, 0.6) is 0 Å². The average Bonchev–Trinajstić information content (AvgIpc) is 3.37. The number of carbonyl (C=O) groups is 2. The number of hydrogen-bond donors (Lipinski definition) is 2. The lowest BCUT2D eigenvalue weighted by molar-refractivity contribution is -0.123. The van der Waals surface area contributed by atoms with Gasteiger partial charge < -0.3 is 15.2 Å². The lowest BCUT2D eigenvalue weighted by Crippen LogP contribution is -2.54. The van der Waals surface area contributed by atoms with Crippen molar-refractivity contribution in [3.05, 3.63) is 66.6 Å². The van der Waals surface area contributed by atoms with Crippen LogP contribution in [0.15, 0.2) is 61.1 Å². The van der Waals surface area contributed by atoms with Gasteiger partial charge in [0.25, 0.3) is 5.91 Å². The highest BCUT2D eigenvalue weighted by molar-refractivity contribution is 6.07. The number of anilines is 1. The zero-order valence-electron chi connectivity index (χ0n) is 15.3. The highest BCUT2D eigenvalue weighted by Gasteiger charge is 2.36. The van der Waals surface area contributed by atoms with Crippen molar-refractivity contribution in [3.8, 4) is 5.69 Å². The molecule has 0 atom stereocenters. The molecular formula is C20H17N7O2. The second-order valence-electron chi connectivity index (χ2n) is 6.95. The van der Waals surface area contributed by atoms with Crippen LogP contribution >= 0.6 is 0 Å². The molecule has 1 aliphatic rings. The van der Waals surface area contributed by atoms with Crippen molar-refractivity contribution in [2.75, 3.05) is 18.4 Å². The van der Waals surface area contributed by atoms with E-state index in [0.717, 1.165) is 16.6 Å². The van der Waals surface area contributed by atoms with Crippen molar-refractivity contribution in [2.24, 2.45) is 5.92 Å². The number of fused-ring (bicyclic) bond motifs is 1. The van der Waals surface area contributed by atoms with Crippen LogP contribution in [0.1, 0.15) is 10.4 Å². The molecule has 0 unspecified atom stereocenters. The van der Waals surface area contributed by atoms with Gasteiger partial charge in [-0.2, -0.15) is 0 Å². The number of nitrogens with zero attached hydrogens (tertiary/aromatic N) is 5. The van der Waals surface area contributed by atoms with Crippen LogP contribution in [0, 0.1) is 5.92 Å². The maximum absolute atomic E-state index is 12.7. The van der Waals surface area contributed by atoms with E-state index in [9.17, 15) is 9.59 Å². The van der Waals surface area contributed by atoms with E-state index in [1.165, 1.54) is 11.0 Å². The Balaban J connectivity index is 1.19. The van der Waals surface area contributed by atoms with E-state index in [1.807, 2.05) is 36.4 Å². The van der Waals surface area contributed by atoms with E-state index in [2.05, 4.69) is 25.8 Å². The molecule has 0 spiro atoms. The van der Waals surface area contributed by atoms with Crippen LogP contribution < -0.4 is 5.32 Å². The fraction of sp³-hybridized carbons (Fsp3) is 0.150. The summed E-state index contributed by atoms with van der Waals surface area (Å²) in [6.07, 6.45) is 3.23. The van der Waals surface area contributed by atoms with Crippen molar-refractivity contribution < 1.29 is 9.59 Å². The number of tetrazole rings is 1. The van der Waals surface area contributed by atoms with Crippen molar-refractivity contribution in [1.82, 2.24) is 30.1 Å². The topological polar surface area (TPSA) is 109 Å². The number of likely N-dealkylation sites (tertiary alicyclic amines) is 1. The smallest absolute Gasteiger partial charge is 0.256 e. The van der Waals surface area contributed by atoms with Crippen LogP contribution in [0.3, 0.4) is 0 Å². The van der Waals surface area contributed by atoms with Crippen molar-refractivity contribution in [2.45, 2.75) is 0 Å². The molecule has 2 aromatic heterocycles. The van der Waals surface area contributed by atoms with E-state index >= 15 is 0 Å². The summed E-state index contributed by atoms with van der Waals surface area (Å²) < 4.78 is 1.53. The first-order chi connectivity index (χ1) is 14.2. The van der Waals surface area contributed by atoms with E-state index in [-0.39, 0.29) is 17.7 Å². The molecular weight excluding hydrogens is 370 g/mol. The van der Waals surface area contributed by atoms with Crippen LogP contribution in [0.2, 0.25) is 0 Å². The van der Waals surface area contributed by atoms with Crippen molar-refractivity contribution in [1.29, 1.82) is 0 Å². The van der Waals surface area contributed by atoms with Gasteiger partial charge in [-0.3, -0.25) is 9.59 Å². The maximum Gasteiger partial charge on any atom is 0.256 e. The lowest BCUT2D eigenvalue weighted by Gasteiger charge is -2.38. The molecule has 9 nitrogen and oxygen atoms in total. The van der Waals surface area contributed by atoms with E-state index < -0.39 is 0 Å². The summed E-state index contributed by atoms with van der Waals surface area (Å²) in [7, 11) is 0. The minimum atomic E-state index is -0.219. The summed E-state index contributed by atoms with van der Waals surface area (Å²) in [4.78, 5) is 30.0. The van der Waals surface area contributed by atoms with Crippen molar-refractivity contribution >= 4 is 28.4 Å². The Labute approximate surface area is 165 Å². The van der Waals surface area contributed by atoms with Gasteiger partial charge in [0.2, 0.25) is 5.91 Å². The van der Waals surface area contributed by atoms with Crippen molar-refractivity contribution in [3.63, 3.8) is 0 Å². The zero-order valence-corrected chi connectivity index (χ0v) is 15.3. The molecule has 5 rings (SSSR count). The first-order valence-electron chi connectivity index (χ1n) is 9.19. The van der Waals surface area contributed by atoms with E-state index in [4.69, 9.17) is 0 Å². The summed E-state index contributed by atoms with van der Waals surface area (Å²) in [5.74, 6) is -0.371. The highest BCUT2D eigenvalue weighted by Crippen LogP contribution is 2.25. The third-order valence-corrected chi connectivity index (χ3v) is 5.11. The normalized spacial score (nSPS) is 14.0. The lowest BCUT2D eigenvalue weighted by atomic mass is 9.97. The number of aromatic amines is 1. The van der Waals surface area contributed by atoms with Crippen LogP contribution in [-0.2, 0) is 4.79 Å². The number of rotatable bonds is 4. The number of benzene rings is 2. The monoisotopic (exact) mass is 387 g/mol. The molecule has 1 saturated heterocycles. The van der Waals surface area contributed by atoms with Crippen LogP contribution in [0.4, 0.5) is 5.69 Å². The Bertz CT molecular complexity index is 1180. The van der Waals surface area contributed by atoms with Crippen LogP contribution in [-0.4, -0.2) is 55.0 Å². The standard InChI is InChI=1S/C20H17N7O2/c28-19(23-14-5-7-15(8-6-14)27-12-22-24-25-27)13-10-26(11-13)20(29)17-9-21-18-4-2-1-3-16(17)18/h1-9,12-13,21H,10-11H2,(H,23,28). The maximum atomic E-state index is 12.7. The summed E-state index contributed by atoms with van der Waals surface area (Å²) in [6, 6.07) is 14.9. The molecule has 0 saturated carbocycles. The summed E-state index contributed by atoms with van der Waals surface area (Å²) in [5.41, 5.74) is 3.05. The summed E-state index contributed by atoms with van der Waals surface area (Å²) in [5, 5.41) is 14.8. The van der Waals surface area contributed by atoms with Gasteiger partial charge in [0.1, 0.15) is 6.33 Å². The molecule has 4 aromatic rings. The van der Waals surface area contributed by atoms with Gasteiger partial charge >= 0.3 is 0 Å². The van der Waals surface area contributed by atoms with Gasteiger partial charge in [-0.15, -0.1) is 5.10 Å². The Hall–Kier alpha value is -4.01. The Morgan fingerprint density at radius 2 is 1.86 bits per heavy atom. The van der Waals surface area contributed by atoms with E-state index in [0.29, 0.717) is 24.3 Å². The molecule has 2 amide bonds. The van der Waals surface area contributed by atoms with Gasteiger partial charge in [0.05, 0.1) is 17.2 Å². The summed E-state index contributed by atoms with van der Waals surface area (Å²) in [6.45, 7) is 0.819. The largest absolute Gasteiger partial charge is 0.360 e. The molecule has 9 heteroatoms. The third-order valence-electron chi connectivity index (χ3n) is 5.11. The number of nitrogens with one attached hydrogen (secondary N) is 2. The summed E-state index contributed by atoms with van der Waals surface area (Å²) >= 11 is 0. The number of para-hydroxylation sites is 1. The van der Waals surface area contributed by atoms with Gasteiger partial charge in [-0.25, -0.2) is 4.68 Å². The molecule has 144 valence electrons. The molecule has 0 aliphatic carbocycles. The molecule has 1 fully saturated rings. The predicted octanol–water partition coefficient (Wildman–Crippen LogP) is 1.85. The van der Waals surface area contributed by atoms with Gasteiger partial charge in [-0.05, 0) is 40.8 Å². The number of amides is 2. The van der Waals surface area contributed by atoms with Gasteiger partial charge in [0, 0.05) is 35.9 Å². The molecule has 0 radical (unpaired) electrons. The molecule has 3 heterocycles. The zero-order chi connectivity index (χ0) is 19.8. The fourth-order valence-corrected chi connectivity index (χ4v) is 3.45. The van der Waals surface area contributed by atoms with Crippen LogP contribution in [0.25, 0.3) is 16.6 Å². The first kappa shape index (κ1) is 17.1. The van der Waals surface area contributed by atoms with E-state index in [1.54, 1.807) is 23.2 Å². The molecule has 0 bridgehead atoms. The second-order valence-corrected chi connectivity index (χ2v) is 6.95. The highest BCUT2D eigenvalue weighted by atomic mass is 16.2. The third kappa shape index (κ3) is 3.12. The number of aromatic nitrogens is 5. The molecule has 2 N–H and O–H groups in total. The number of carbonyl (C=O) groups excluding carboxylic acids is 2.